The summed E-state index contributed by atoms with van der Waals surface area (Å²) in [4.78, 5) is 22.9. The molecular weight excluding hydrogens is 162 g/mol. The summed E-state index contributed by atoms with van der Waals surface area (Å²) in [5, 5.41) is 4.72. The Bertz CT molecular complexity index is 353. The lowest BCUT2D eigenvalue weighted by molar-refractivity contribution is -0.118. The molecule has 1 aliphatic rings. The molecule has 0 aromatic carbocycles. The fourth-order valence-corrected chi connectivity index (χ4v) is 1.17. The van der Waals surface area contributed by atoms with Crippen LogP contribution in [0, 0.1) is 6.39 Å². The highest BCUT2D eigenvalue weighted by molar-refractivity contribution is 5.87. The Morgan fingerprint density at radius 1 is 1.50 bits per heavy atom. The first-order valence-corrected chi connectivity index (χ1v) is 3.56. The van der Waals surface area contributed by atoms with Crippen molar-refractivity contribution in [1.82, 2.24) is 9.89 Å². The first-order valence-electron chi connectivity index (χ1n) is 3.56. The van der Waals surface area contributed by atoms with Crippen molar-refractivity contribution >= 4 is 5.91 Å². The molecule has 0 unspecified atom stereocenters. The average Bonchev–Trinajstić information content (AvgIpc) is 2.59. The molecule has 6 nitrogen and oxygen atoms in total. The molecule has 0 saturated carbocycles. The van der Waals surface area contributed by atoms with Crippen molar-refractivity contribution in [2.24, 2.45) is 0 Å². The van der Waals surface area contributed by atoms with Crippen LogP contribution in [0.4, 0.5) is 0 Å². The molecule has 1 saturated heterocycles. The van der Waals surface area contributed by atoms with Gasteiger partial charge in [0.1, 0.15) is 0 Å². The van der Waals surface area contributed by atoms with Gasteiger partial charge in [-0.15, -0.1) is 5.10 Å². The van der Waals surface area contributed by atoms with Crippen LogP contribution in [0.1, 0.15) is 12.8 Å². The fraction of sp³-hybridized carbons (Fsp3) is 0.500. The molecule has 0 bridgehead atoms. The van der Waals surface area contributed by atoms with Gasteiger partial charge in [-0.2, -0.15) is 0 Å². The molecular formula is C6H6N3O3. The first kappa shape index (κ1) is 7.08. The van der Waals surface area contributed by atoms with E-state index in [1.165, 1.54) is 5.01 Å². The third kappa shape index (κ3) is 0.919. The van der Waals surface area contributed by atoms with Gasteiger partial charge in [0, 0.05) is 13.0 Å². The second-order valence-corrected chi connectivity index (χ2v) is 2.47. The van der Waals surface area contributed by atoms with Crippen LogP contribution in [0.5, 0.6) is 0 Å². The highest BCUT2D eigenvalue weighted by Crippen LogP contribution is 2.05. The minimum Gasteiger partial charge on any atom is -0.381 e. The Morgan fingerprint density at radius 3 is 2.83 bits per heavy atom. The van der Waals surface area contributed by atoms with Gasteiger partial charge in [-0.3, -0.25) is 4.79 Å². The maximum absolute atomic E-state index is 11.1. The molecule has 0 N–H and O–H groups in total. The third-order valence-electron chi connectivity index (χ3n) is 1.71. The minimum atomic E-state index is -0.676. The summed E-state index contributed by atoms with van der Waals surface area (Å²) >= 11 is 0. The van der Waals surface area contributed by atoms with Crippen LogP contribution < -0.4 is 10.8 Å². The molecule has 1 aromatic heterocycles. The van der Waals surface area contributed by atoms with Crippen molar-refractivity contribution in [3.05, 3.63) is 16.9 Å². The van der Waals surface area contributed by atoms with Gasteiger partial charge in [0.15, 0.2) is 0 Å². The predicted octanol–water partition coefficient (Wildman–Crippen LogP) is -1.11. The second kappa shape index (κ2) is 2.47. The lowest BCUT2D eigenvalue weighted by Crippen LogP contribution is -2.42. The molecule has 1 radical (unpaired) electrons. The van der Waals surface area contributed by atoms with Gasteiger partial charge >= 0.3 is 12.1 Å². The number of nitrogens with zero attached hydrogens (tertiary/aromatic N) is 3. The van der Waals surface area contributed by atoms with E-state index in [-0.39, 0.29) is 5.91 Å². The molecule has 1 aliphatic heterocycles. The van der Waals surface area contributed by atoms with E-state index >= 15 is 0 Å². The molecule has 1 aromatic rings. The molecule has 2 heterocycles. The van der Waals surface area contributed by atoms with Gasteiger partial charge in [-0.1, -0.05) is 4.79 Å². The van der Waals surface area contributed by atoms with Crippen LogP contribution in [0.3, 0.4) is 0 Å². The highest BCUT2D eigenvalue weighted by Gasteiger charge is 2.24. The van der Waals surface area contributed by atoms with E-state index in [9.17, 15) is 9.59 Å². The monoisotopic (exact) mass is 168 g/mol. The Kier molecular flexibility index (Phi) is 1.46. The molecule has 63 valence electrons. The Morgan fingerprint density at radius 2 is 2.33 bits per heavy atom. The standard InChI is InChI=1S/C6H6N3O3/c10-5-2-1-3-8(5)9-6(11)12-4-7-9/h1-3H2. The predicted molar refractivity (Wildman–Crippen MR) is 36.9 cm³/mol. The zero-order valence-corrected chi connectivity index (χ0v) is 6.19. The molecule has 6 heteroatoms. The van der Waals surface area contributed by atoms with Gasteiger partial charge in [0.2, 0.25) is 5.91 Å². The molecule has 1 fully saturated rings. The number of carbonyl (C=O) groups excluding carboxylic acids is 1. The summed E-state index contributed by atoms with van der Waals surface area (Å²) < 4.78 is 4.30. The number of aromatic nitrogens is 2. The maximum atomic E-state index is 11.1. The normalized spacial score (nSPS) is 17.3. The molecule has 2 rings (SSSR count). The van der Waals surface area contributed by atoms with Crippen LogP contribution in [0.2, 0.25) is 0 Å². The zero-order chi connectivity index (χ0) is 8.55. The average molecular weight is 168 g/mol. The number of amides is 1. The smallest absolute Gasteiger partial charge is 0.381 e. The fourth-order valence-electron chi connectivity index (χ4n) is 1.17. The number of carbonyl (C=O) groups is 1. The lowest BCUT2D eigenvalue weighted by Gasteiger charge is -2.10. The minimum absolute atomic E-state index is 0.112. The van der Waals surface area contributed by atoms with Crippen LogP contribution in [-0.2, 0) is 4.79 Å². The van der Waals surface area contributed by atoms with Crippen molar-refractivity contribution in [3.63, 3.8) is 0 Å². The van der Waals surface area contributed by atoms with E-state index in [1.807, 2.05) is 6.39 Å². The van der Waals surface area contributed by atoms with E-state index in [4.69, 9.17) is 0 Å². The lowest BCUT2D eigenvalue weighted by atomic mass is 10.4. The van der Waals surface area contributed by atoms with E-state index in [0.717, 1.165) is 11.2 Å². The maximum Gasteiger partial charge on any atom is 0.457 e. The summed E-state index contributed by atoms with van der Waals surface area (Å²) in [7, 11) is 0. The van der Waals surface area contributed by atoms with Gasteiger partial charge in [0.25, 0.3) is 0 Å². The SMILES string of the molecule is O=C1CCCN1n1n[c]oc1=O. The Labute approximate surface area is 67.4 Å². The Balaban J connectivity index is 2.36. The molecule has 0 atom stereocenters. The van der Waals surface area contributed by atoms with Crippen LogP contribution in [-0.4, -0.2) is 22.3 Å². The van der Waals surface area contributed by atoms with Crippen molar-refractivity contribution < 1.29 is 9.21 Å². The number of hydrogen-bond donors (Lipinski definition) is 0. The Hall–Kier alpha value is -1.59. The van der Waals surface area contributed by atoms with Gasteiger partial charge < -0.3 is 4.42 Å². The van der Waals surface area contributed by atoms with Gasteiger partial charge in [-0.05, 0) is 6.42 Å². The van der Waals surface area contributed by atoms with Crippen LogP contribution in [0.15, 0.2) is 9.21 Å². The first-order chi connectivity index (χ1) is 5.79. The molecule has 0 aliphatic carbocycles. The van der Waals surface area contributed by atoms with Crippen molar-refractivity contribution in [2.75, 3.05) is 11.6 Å². The topological polar surface area (TPSA) is 68.3 Å². The van der Waals surface area contributed by atoms with Crippen LogP contribution >= 0.6 is 0 Å². The van der Waals surface area contributed by atoms with Crippen LogP contribution in [0.25, 0.3) is 0 Å². The van der Waals surface area contributed by atoms with Gasteiger partial charge in [0.05, 0.1) is 0 Å². The van der Waals surface area contributed by atoms with Crippen molar-refractivity contribution in [3.8, 4) is 0 Å². The molecule has 0 spiro atoms. The van der Waals surface area contributed by atoms with E-state index in [1.54, 1.807) is 0 Å². The largest absolute Gasteiger partial charge is 0.457 e. The van der Waals surface area contributed by atoms with Gasteiger partial charge in [-0.25, -0.2) is 9.80 Å². The quantitative estimate of drug-likeness (QED) is 0.533. The summed E-state index contributed by atoms with van der Waals surface area (Å²) in [6.07, 6.45) is 3.23. The summed E-state index contributed by atoms with van der Waals surface area (Å²) in [6, 6.07) is 0. The van der Waals surface area contributed by atoms with E-state index < -0.39 is 5.76 Å². The van der Waals surface area contributed by atoms with E-state index in [2.05, 4.69) is 9.52 Å². The number of hydrogen-bond acceptors (Lipinski definition) is 4. The van der Waals surface area contributed by atoms with Crippen molar-refractivity contribution in [2.45, 2.75) is 12.8 Å². The second-order valence-electron chi connectivity index (χ2n) is 2.47. The van der Waals surface area contributed by atoms with Crippen molar-refractivity contribution in [1.29, 1.82) is 0 Å². The van der Waals surface area contributed by atoms with E-state index in [0.29, 0.717) is 13.0 Å². The molecule has 1 amide bonds. The summed E-state index contributed by atoms with van der Waals surface area (Å²) in [5.41, 5.74) is 0. The number of rotatable bonds is 1. The molecule has 12 heavy (non-hydrogen) atoms. The highest BCUT2D eigenvalue weighted by atomic mass is 16.4. The summed E-state index contributed by atoms with van der Waals surface area (Å²) in [5.74, 6) is -0.787. The zero-order valence-electron chi connectivity index (χ0n) is 6.19. The summed E-state index contributed by atoms with van der Waals surface area (Å²) in [6.45, 7) is 0.513. The third-order valence-corrected chi connectivity index (χ3v) is 1.71.